The van der Waals surface area contributed by atoms with Crippen molar-refractivity contribution in [1.82, 2.24) is 9.97 Å². The van der Waals surface area contributed by atoms with Gasteiger partial charge in [-0.05, 0) is 128 Å². The minimum atomic E-state index is -1.44. The molecule has 5 aromatic rings. The lowest BCUT2D eigenvalue weighted by Gasteiger charge is -2.42. The first kappa shape index (κ1) is 44.5. The van der Waals surface area contributed by atoms with Gasteiger partial charge in [0, 0.05) is 49.0 Å². The van der Waals surface area contributed by atoms with Gasteiger partial charge in [0.05, 0.1) is 23.7 Å². The fourth-order valence-corrected chi connectivity index (χ4v) is 11.2. The van der Waals surface area contributed by atoms with Crippen LogP contribution >= 0.6 is 0 Å². The highest BCUT2D eigenvalue weighted by Gasteiger charge is 2.45. The third-order valence-electron chi connectivity index (χ3n) is 14.7. The van der Waals surface area contributed by atoms with Crippen molar-refractivity contribution in [2.75, 3.05) is 6.61 Å². The predicted octanol–water partition coefficient (Wildman–Crippen LogP) is 8.23. The lowest BCUT2D eigenvalue weighted by atomic mass is 9.65. The van der Waals surface area contributed by atoms with Crippen molar-refractivity contribution in [2.45, 2.75) is 120 Å². The Balaban J connectivity index is 1.12. The van der Waals surface area contributed by atoms with Crippen LogP contribution in [0.3, 0.4) is 0 Å². The molecule has 1 saturated carbocycles. The van der Waals surface area contributed by atoms with Gasteiger partial charge in [0.15, 0.2) is 17.3 Å². The summed E-state index contributed by atoms with van der Waals surface area (Å²) in [5.74, 6) is 4.07. The molecule has 2 aromatic heterocycles. The van der Waals surface area contributed by atoms with Crippen LogP contribution in [0.25, 0.3) is 17.5 Å². The van der Waals surface area contributed by atoms with E-state index in [4.69, 9.17) is 15.0 Å². The van der Waals surface area contributed by atoms with Crippen LogP contribution in [0.2, 0.25) is 0 Å². The molecule has 0 radical (unpaired) electrons. The molecule has 0 amide bonds. The second-order valence-corrected chi connectivity index (χ2v) is 19.3. The van der Waals surface area contributed by atoms with Gasteiger partial charge in [-0.3, -0.25) is 9.59 Å². The van der Waals surface area contributed by atoms with E-state index in [1.807, 2.05) is 54.7 Å². The highest BCUT2D eigenvalue weighted by Crippen LogP contribution is 2.49. The Morgan fingerprint density at radius 1 is 0.896 bits per heavy atom. The minimum absolute atomic E-state index is 0.00624. The number of aliphatic hydroxyl groups excluding tert-OH is 2. The van der Waals surface area contributed by atoms with E-state index in [1.54, 1.807) is 30.5 Å². The number of fused-ring (bicyclic) bond motifs is 8. The first-order chi connectivity index (χ1) is 32.5. The van der Waals surface area contributed by atoms with Gasteiger partial charge >= 0.3 is 0 Å². The fourth-order valence-electron chi connectivity index (χ4n) is 11.2. The van der Waals surface area contributed by atoms with Gasteiger partial charge in [-0.1, -0.05) is 90.3 Å². The molecule has 0 spiro atoms. The summed E-state index contributed by atoms with van der Waals surface area (Å²) in [6, 6.07) is 18.2. The van der Waals surface area contributed by atoms with Crippen molar-refractivity contribution in [2.24, 2.45) is 11.8 Å². The molecule has 1 fully saturated rings. The molecular formula is C56H57N3O8-2. The average molecular weight is 900 g/mol. The van der Waals surface area contributed by atoms with E-state index in [9.17, 15) is 30.3 Å². The van der Waals surface area contributed by atoms with E-state index in [0.29, 0.717) is 66.1 Å². The fraction of sp³-hybridized carbons (Fsp3) is 0.393. The Morgan fingerprint density at radius 2 is 1.75 bits per heavy atom. The van der Waals surface area contributed by atoms with Crippen molar-refractivity contribution in [3.8, 4) is 29.1 Å². The standard InChI is InChI=1S/C56H57N3O8/c60-24-19-44-50(63)14-12-34-27-39(53(64)51(28-34)67-41-7-1-2-8-41)26-33-11-13-36-30-40(61)6-4-9-47(59-55-37(17-22-58-55)29-38(36)25-33)45-31-48-43(18-23-57-48)46(52(45)54(44)65)32-56(66)20-15-35-5-3-10-49(62)42(35)16-21-56/h3,5,10-11,13,16-18,21-23,25,27-28,31,40-41,44,46-47,52,58,60-62,64,66H,1-2,6-8,12,14-15,19-20,24,26,29-30,32H2/q-2/t40-,44-,46-,47-,52-,56-/m1/s1. The number of phenols is 2. The molecule has 0 unspecified atom stereocenters. The second kappa shape index (κ2) is 18.8. The van der Waals surface area contributed by atoms with Gasteiger partial charge in [0.1, 0.15) is 11.5 Å². The topological polar surface area (TPSA) is 189 Å². The number of hydrogen-bond donors (Lipinski definition) is 6. The minimum Gasteiger partial charge on any atom is -0.664 e. The van der Waals surface area contributed by atoms with E-state index in [2.05, 4.69) is 22.9 Å². The van der Waals surface area contributed by atoms with E-state index in [1.165, 1.54) is 0 Å². The Labute approximate surface area is 391 Å². The third-order valence-corrected chi connectivity index (χ3v) is 14.7. The number of phenolic OH excluding ortho intramolecular Hbond substituents is 2. The van der Waals surface area contributed by atoms with E-state index < -0.39 is 47.9 Å². The van der Waals surface area contributed by atoms with Crippen LogP contribution in [0.4, 0.5) is 5.82 Å². The lowest BCUT2D eigenvalue weighted by molar-refractivity contribution is -0.135. The maximum absolute atomic E-state index is 15.8. The summed E-state index contributed by atoms with van der Waals surface area (Å²) < 4.78 is 6.46. The number of aromatic amines is 1. The molecule has 6 N–H and O–H groups in total. The first-order valence-electron chi connectivity index (χ1n) is 23.9. The summed E-state index contributed by atoms with van der Waals surface area (Å²) in [7, 11) is 0. The Kier molecular flexibility index (Phi) is 12.5. The molecule has 5 aliphatic rings. The molecule has 11 heteroatoms. The van der Waals surface area contributed by atoms with Crippen LogP contribution in [0.15, 0.2) is 84.7 Å². The van der Waals surface area contributed by atoms with Crippen LogP contribution in [-0.2, 0) is 41.7 Å². The zero-order valence-corrected chi connectivity index (χ0v) is 37.6. The first-order valence-corrected chi connectivity index (χ1v) is 23.9. The molecular weight excluding hydrogens is 843 g/mol. The molecule has 6 atom stereocenters. The zero-order valence-electron chi connectivity index (χ0n) is 37.6. The molecule has 3 aromatic carbocycles. The molecule has 11 nitrogen and oxygen atoms in total. The molecule has 5 bridgehead atoms. The average Bonchev–Trinajstić information content (AvgIpc) is 4.09. The number of aromatic hydroxyl groups is 2. The van der Waals surface area contributed by atoms with Gasteiger partial charge in [-0.15, -0.1) is 11.6 Å². The number of aryl methyl sites for hydroxylation is 2. The summed E-state index contributed by atoms with van der Waals surface area (Å²) in [4.78, 5) is 38.6. The molecule has 0 saturated heterocycles. The number of nitrogens with zero attached hydrogens (tertiary/aromatic N) is 2. The van der Waals surface area contributed by atoms with Crippen molar-refractivity contribution in [1.29, 1.82) is 0 Å². The number of aliphatic hydroxyl groups is 3. The zero-order chi connectivity index (χ0) is 46.2. The molecule has 4 heterocycles. The number of carbonyl (C=O) groups excluding carboxylic acids is 2. The van der Waals surface area contributed by atoms with Crippen molar-refractivity contribution >= 4 is 29.5 Å². The maximum atomic E-state index is 15.8. The number of hydrogen-bond acceptors (Lipinski definition) is 8. The number of aromatic nitrogens is 2. The number of nitrogens with one attached hydrogen (secondary N) is 1. The van der Waals surface area contributed by atoms with E-state index in [0.717, 1.165) is 64.6 Å². The number of carbonyl (C=O) groups is 2. The molecule has 67 heavy (non-hydrogen) atoms. The number of ether oxygens (including phenoxy) is 1. The third kappa shape index (κ3) is 9.23. The maximum Gasteiger partial charge on any atom is 0.161 e. The molecule has 346 valence electrons. The lowest BCUT2D eigenvalue weighted by Crippen LogP contribution is -2.41. The van der Waals surface area contributed by atoms with Gasteiger partial charge in [0.25, 0.3) is 0 Å². The number of benzene rings is 3. The van der Waals surface area contributed by atoms with Crippen LogP contribution in [0.1, 0.15) is 119 Å². The second-order valence-electron chi connectivity index (χ2n) is 19.3. The SMILES string of the molecule is O=C1CCc2cc(c(O)c(OC3CCCC3)c2)Cc2ccc3c(c2)Cc2cc[nH]c2[N-][C@H](C#CC[C@@H](O)C3)C2=Cc3[n-]ccc3[C@@H](C[C@]3(O)C=Cc4c(O)cccc4CC3)[C@@H]2C(=O)[C@@H]1CCO. The quantitative estimate of drug-likeness (QED) is 0.0721. The summed E-state index contributed by atoms with van der Waals surface area (Å²) in [6.07, 6.45) is 14.3. The number of H-pyrrole nitrogens is 1. The Bertz CT molecular complexity index is 2820. The summed E-state index contributed by atoms with van der Waals surface area (Å²) in [6.45, 7) is -0.406. The van der Waals surface area contributed by atoms with Crippen LogP contribution < -0.4 is 9.72 Å². The summed E-state index contributed by atoms with van der Waals surface area (Å²) >= 11 is 0. The van der Waals surface area contributed by atoms with Crippen LogP contribution in [0, 0.1) is 23.7 Å². The largest absolute Gasteiger partial charge is 0.664 e. The monoisotopic (exact) mass is 899 g/mol. The van der Waals surface area contributed by atoms with E-state index in [-0.39, 0.29) is 55.5 Å². The molecule has 2 aliphatic heterocycles. The highest BCUT2D eigenvalue weighted by molar-refractivity contribution is 6.05. The van der Waals surface area contributed by atoms with Crippen molar-refractivity contribution in [3.63, 3.8) is 0 Å². The van der Waals surface area contributed by atoms with E-state index >= 15 is 4.79 Å². The number of Topliss-reactive ketones (excluding diaryl/α,β-unsaturated/α-hetero) is 2. The van der Waals surface area contributed by atoms with Crippen molar-refractivity contribution in [3.05, 3.63) is 146 Å². The van der Waals surface area contributed by atoms with Gasteiger partial charge in [-0.2, -0.15) is 6.20 Å². The smallest absolute Gasteiger partial charge is 0.161 e. The summed E-state index contributed by atoms with van der Waals surface area (Å²) in [5.41, 5.74) is 7.24. The predicted molar refractivity (Wildman–Crippen MR) is 255 cm³/mol. The van der Waals surface area contributed by atoms with Gasteiger partial charge in [0.2, 0.25) is 0 Å². The van der Waals surface area contributed by atoms with Crippen LogP contribution in [0.5, 0.6) is 17.2 Å². The normalized spacial score (nSPS) is 25.2. The van der Waals surface area contributed by atoms with Crippen molar-refractivity contribution < 1.29 is 39.9 Å². The summed E-state index contributed by atoms with van der Waals surface area (Å²) in [5, 5.41) is 62.6. The molecule has 3 aliphatic carbocycles. The highest BCUT2D eigenvalue weighted by atomic mass is 16.5. The van der Waals surface area contributed by atoms with Crippen LogP contribution in [-0.4, -0.2) is 72.5 Å². The Morgan fingerprint density at radius 3 is 2.60 bits per heavy atom. The van der Waals surface area contributed by atoms with Gasteiger partial charge in [-0.25, -0.2) is 0 Å². The number of rotatable bonds is 6. The number of ketones is 2. The molecule has 10 rings (SSSR count). The Hall–Kier alpha value is -6.32. The van der Waals surface area contributed by atoms with Gasteiger partial charge < -0.3 is 45.6 Å².